The summed E-state index contributed by atoms with van der Waals surface area (Å²) < 4.78 is 5.26. The van der Waals surface area contributed by atoms with Gasteiger partial charge in [0.15, 0.2) is 0 Å². The highest BCUT2D eigenvalue weighted by Gasteiger charge is 2.46. The van der Waals surface area contributed by atoms with Crippen LogP contribution in [-0.2, 0) is 14.3 Å². The Morgan fingerprint density at radius 3 is 2.19 bits per heavy atom. The molecule has 0 heterocycles. The molecule has 6 nitrogen and oxygen atoms in total. The summed E-state index contributed by atoms with van der Waals surface area (Å²) in [6, 6.07) is 0. The Morgan fingerprint density at radius 2 is 1.81 bits per heavy atom. The molecule has 0 bridgehead atoms. The van der Waals surface area contributed by atoms with E-state index in [4.69, 9.17) is 9.84 Å². The van der Waals surface area contributed by atoms with E-state index < -0.39 is 29.6 Å². The highest BCUT2D eigenvalue weighted by molar-refractivity contribution is 5.95. The monoisotopic (exact) mass is 299 g/mol. The van der Waals surface area contributed by atoms with Gasteiger partial charge in [-0.25, -0.2) is 4.79 Å². The molecule has 0 radical (unpaired) electrons. The molecule has 1 atom stereocenters. The number of nitrogens with one attached hydrogen (secondary N) is 1. The first-order chi connectivity index (χ1) is 9.58. The van der Waals surface area contributed by atoms with Gasteiger partial charge in [-0.05, 0) is 46.0 Å². The zero-order valence-corrected chi connectivity index (χ0v) is 13.2. The molecular weight excluding hydrogens is 274 g/mol. The predicted octanol–water partition coefficient (Wildman–Crippen LogP) is 2.50. The Kier molecular flexibility index (Phi) is 5.36. The van der Waals surface area contributed by atoms with Gasteiger partial charge in [-0.3, -0.25) is 9.59 Å². The van der Waals surface area contributed by atoms with E-state index in [1.54, 1.807) is 20.8 Å². The predicted molar refractivity (Wildman–Crippen MR) is 77.0 cm³/mol. The van der Waals surface area contributed by atoms with Crippen LogP contribution >= 0.6 is 0 Å². The van der Waals surface area contributed by atoms with Gasteiger partial charge in [0.2, 0.25) is 0 Å². The molecule has 1 amide bonds. The Bertz CT molecular complexity index is 422. The number of carbonyl (C=O) groups excluding carboxylic acids is 2. The average Bonchev–Trinajstić information content (AvgIpc) is 3.07. The number of ketones is 1. The minimum Gasteiger partial charge on any atom is -0.481 e. The SMILES string of the molecule is CCC(CC(=O)CC(=O)O)(NC(=O)OC(C)(C)C)C1CC1. The molecule has 1 unspecified atom stereocenters. The topological polar surface area (TPSA) is 92.7 Å². The summed E-state index contributed by atoms with van der Waals surface area (Å²) in [5, 5.41) is 11.5. The molecule has 21 heavy (non-hydrogen) atoms. The van der Waals surface area contributed by atoms with E-state index in [-0.39, 0.29) is 18.1 Å². The number of rotatable bonds is 7. The van der Waals surface area contributed by atoms with Gasteiger partial charge in [0.05, 0.1) is 5.54 Å². The number of ether oxygens (including phenoxy) is 1. The third-order valence-electron chi connectivity index (χ3n) is 3.60. The number of carboxylic acids is 1. The van der Waals surface area contributed by atoms with Gasteiger partial charge in [0, 0.05) is 6.42 Å². The van der Waals surface area contributed by atoms with Crippen LogP contribution in [0.1, 0.15) is 59.8 Å². The summed E-state index contributed by atoms with van der Waals surface area (Å²) in [6.07, 6.45) is 1.42. The first kappa shape index (κ1) is 17.5. The van der Waals surface area contributed by atoms with Crippen LogP contribution < -0.4 is 5.32 Å². The highest BCUT2D eigenvalue weighted by atomic mass is 16.6. The van der Waals surface area contributed by atoms with E-state index in [1.165, 1.54) is 0 Å². The minimum atomic E-state index is -1.14. The number of alkyl carbamates (subject to hydrolysis) is 1. The van der Waals surface area contributed by atoms with Crippen LogP contribution in [0.3, 0.4) is 0 Å². The number of amides is 1. The summed E-state index contributed by atoms with van der Waals surface area (Å²) in [7, 11) is 0. The third kappa shape index (κ3) is 5.73. The van der Waals surface area contributed by atoms with E-state index in [0.29, 0.717) is 6.42 Å². The lowest BCUT2D eigenvalue weighted by Gasteiger charge is -2.34. The second kappa shape index (κ2) is 6.45. The number of carboxylic acid groups (broad SMARTS) is 1. The number of aliphatic carboxylic acids is 1. The van der Waals surface area contributed by atoms with E-state index in [1.807, 2.05) is 6.92 Å². The Labute approximate surface area is 125 Å². The summed E-state index contributed by atoms with van der Waals surface area (Å²) in [6.45, 7) is 7.20. The standard InChI is InChI=1S/C15H25NO5/c1-5-15(10-6-7-10,9-11(17)8-12(18)19)16-13(20)21-14(2,3)4/h10H,5-9H2,1-4H3,(H,16,20)(H,18,19). The molecule has 2 N–H and O–H groups in total. The number of hydrogen-bond donors (Lipinski definition) is 2. The maximum Gasteiger partial charge on any atom is 0.408 e. The maximum absolute atomic E-state index is 12.0. The Balaban J connectivity index is 2.77. The van der Waals surface area contributed by atoms with Gasteiger partial charge in [-0.15, -0.1) is 0 Å². The molecule has 0 aromatic rings. The van der Waals surface area contributed by atoms with Crippen molar-refractivity contribution in [1.82, 2.24) is 5.32 Å². The molecule has 0 aromatic heterocycles. The largest absolute Gasteiger partial charge is 0.481 e. The molecule has 0 saturated heterocycles. The number of hydrogen-bond acceptors (Lipinski definition) is 4. The van der Waals surface area contributed by atoms with E-state index >= 15 is 0 Å². The summed E-state index contributed by atoms with van der Waals surface area (Å²) in [4.78, 5) is 34.5. The molecule has 1 rings (SSSR count). The van der Waals surface area contributed by atoms with Gasteiger partial charge in [0.25, 0.3) is 0 Å². The van der Waals surface area contributed by atoms with Crippen molar-refractivity contribution >= 4 is 17.8 Å². The lowest BCUT2D eigenvalue weighted by Crippen LogP contribution is -2.52. The highest BCUT2D eigenvalue weighted by Crippen LogP contribution is 2.44. The van der Waals surface area contributed by atoms with Crippen molar-refractivity contribution < 1.29 is 24.2 Å². The van der Waals surface area contributed by atoms with Crippen LogP contribution in [0.2, 0.25) is 0 Å². The fourth-order valence-corrected chi connectivity index (χ4v) is 2.52. The molecule has 6 heteroatoms. The van der Waals surface area contributed by atoms with Crippen LogP contribution in [0.25, 0.3) is 0 Å². The molecule has 0 aromatic carbocycles. The fraction of sp³-hybridized carbons (Fsp3) is 0.800. The third-order valence-corrected chi connectivity index (χ3v) is 3.60. The van der Waals surface area contributed by atoms with E-state index in [2.05, 4.69) is 5.32 Å². The molecule has 1 saturated carbocycles. The zero-order valence-electron chi connectivity index (χ0n) is 13.2. The van der Waals surface area contributed by atoms with Crippen LogP contribution in [0.5, 0.6) is 0 Å². The molecule has 0 aliphatic heterocycles. The van der Waals surface area contributed by atoms with Gasteiger partial charge in [0.1, 0.15) is 17.8 Å². The number of Topliss-reactive ketones (excluding diaryl/α,β-unsaturated/α-hetero) is 1. The van der Waals surface area contributed by atoms with Gasteiger partial charge in [-0.1, -0.05) is 6.92 Å². The normalized spacial score (nSPS) is 17.7. The van der Waals surface area contributed by atoms with Crippen molar-refractivity contribution in [2.45, 2.75) is 70.9 Å². The zero-order chi connectivity index (χ0) is 16.3. The van der Waals surface area contributed by atoms with E-state index in [0.717, 1.165) is 12.8 Å². The summed E-state index contributed by atoms with van der Waals surface area (Å²) >= 11 is 0. The van der Waals surface area contributed by atoms with Gasteiger partial charge in [-0.2, -0.15) is 0 Å². The summed E-state index contributed by atoms with van der Waals surface area (Å²) in [5.41, 5.74) is -1.30. The quantitative estimate of drug-likeness (QED) is 0.705. The van der Waals surface area contributed by atoms with Crippen molar-refractivity contribution in [1.29, 1.82) is 0 Å². The van der Waals surface area contributed by atoms with Crippen LogP contribution in [0, 0.1) is 5.92 Å². The Hall–Kier alpha value is -1.59. The minimum absolute atomic E-state index is 0.0414. The van der Waals surface area contributed by atoms with Crippen molar-refractivity contribution in [3.05, 3.63) is 0 Å². The lowest BCUT2D eigenvalue weighted by atomic mass is 9.84. The van der Waals surface area contributed by atoms with Crippen molar-refractivity contribution in [2.24, 2.45) is 5.92 Å². The van der Waals surface area contributed by atoms with E-state index in [9.17, 15) is 14.4 Å². The molecular formula is C15H25NO5. The van der Waals surface area contributed by atoms with Crippen molar-refractivity contribution in [2.75, 3.05) is 0 Å². The Morgan fingerprint density at radius 1 is 1.24 bits per heavy atom. The van der Waals surface area contributed by atoms with Crippen molar-refractivity contribution in [3.8, 4) is 0 Å². The first-order valence-electron chi connectivity index (χ1n) is 7.32. The number of carbonyl (C=O) groups is 3. The van der Waals surface area contributed by atoms with Crippen LogP contribution in [0.15, 0.2) is 0 Å². The second-order valence-electron chi connectivity index (χ2n) is 6.70. The van der Waals surface area contributed by atoms with Crippen molar-refractivity contribution in [3.63, 3.8) is 0 Å². The maximum atomic E-state index is 12.0. The molecule has 1 fully saturated rings. The fourth-order valence-electron chi connectivity index (χ4n) is 2.52. The molecule has 1 aliphatic rings. The van der Waals surface area contributed by atoms with Gasteiger partial charge < -0.3 is 15.2 Å². The second-order valence-corrected chi connectivity index (χ2v) is 6.70. The molecule has 120 valence electrons. The molecule has 1 aliphatic carbocycles. The first-order valence-corrected chi connectivity index (χ1v) is 7.32. The summed E-state index contributed by atoms with van der Waals surface area (Å²) in [5.74, 6) is -1.29. The van der Waals surface area contributed by atoms with Crippen LogP contribution in [0.4, 0.5) is 4.79 Å². The smallest absolute Gasteiger partial charge is 0.408 e. The van der Waals surface area contributed by atoms with Gasteiger partial charge >= 0.3 is 12.1 Å². The lowest BCUT2D eigenvalue weighted by molar-refractivity contribution is -0.140. The average molecular weight is 299 g/mol. The van der Waals surface area contributed by atoms with Crippen LogP contribution in [-0.4, -0.2) is 34.1 Å². The molecule has 0 spiro atoms.